The van der Waals surface area contributed by atoms with Gasteiger partial charge in [0, 0.05) is 18.5 Å². The molecule has 0 radical (unpaired) electrons. The van der Waals surface area contributed by atoms with E-state index in [4.69, 9.17) is 0 Å². The Bertz CT molecular complexity index is 847. The van der Waals surface area contributed by atoms with E-state index in [1.165, 1.54) is 35.3 Å². The Morgan fingerprint density at radius 1 is 1.13 bits per heavy atom. The zero-order valence-corrected chi connectivity index (χ0v) is 11.9. The Balaban J connectivity index is 1.71. The van der Waals surface area contributed by atoms with Crippen molar-refractivity contribution in [3.8, 4) is 5.69 Å². The summed E-state index contributed by atoms with van der Waals surface area (Å²) in [5.74, 6) is -1.12. The van der Waals surface area contributed by atoms with Crippen LogP contribution in [0.15, 0.2) is 55.0 Å². The molecule has 0 unspecified atom stereocenters. The molecule has 7 heteroatoms. The number of hydrogen-bond acceptors (Lipinski definition) is 3. The summed E-state index contributed by atoms with van der Waals surface area (Å²) in [4.78, 5) is 15.6. The molecule has 2 aromatic heterocycles. The van der Waals surface area contributed by atoms with Gasteiger partial charge >= 0.3 is 0 Å². The molecule has 0 aliphatic carbocycles. The summed E-state index contributed by atoms with van der Waals surface area (Å²) in [6.07, 6.45) is 3.92. The second-order valence-electron chi connectivity index (χ2n) is 4.79. The largest absolute Gasteiger partial charge is 0.309 e. The predicted molar refractivity (Wildman–Crippen MR) is 80.1 cm³/mol. The third kappa shape index (κ3) is 3.39. The normalized spacial score (nSPS) is 10.5. The molecule has 0 aliphatic rings. The van der Waals surface area contributed by atoms with Crippen LogP contribution in [0.5, 0.6) is 0 Å². The number of carbonyl (C=O) groups excluding carboxylic acids is 1. The lowest BCUT2D eigenvalue weighted by Gasteiger charge is -2.04. The Kier molecular flexibility index (Phi) is 4.09. The Morgan fingerprint density at radius 3 is 2.74 bits per heavy atom. The van der Waals surface area contributed by atoms with Gasteiger partial charge in [-0.15, -0.1) is 5.10 Å². The number of hydrogen-bond donors (Lipinski definition) is 1. The number of carbonyl (C=O) groups is 1. The van der Waals surface area contributed by atoms with Gasteiger partial charge in [-0.1, -0.05) is 18.2 Å². The number of anilines is 1. The van der Waals surface area contributed by atoms with Gasteiger partial charge in [-0.2, -0.15) is 0 Å². The van der Waals surface area contributed by atoms with Crippen LogP contribution in [0.25, 0.3) is 5.69 Å². The summed E-state index contributed by atoms with van der Waals surface area (Å²) < 4.78 is 28.4. The lowest BCUT2D eigenvalue weighted by atomic mass is 10.1. The number of rotatable bonds is 4. The van der Waals surface area contributed by atoms with E-state index in [-0.39, 0.29) is 17.9 Å². The number of amides is 1. The van der Waals surface area contributed by atoms with Crippen molar-refractivity contribution in [2.75, 3.05) is 5.32 Å². The SMILES string of the molecule is O=C(Cc1ccccc1F)Nc1ccn(-c2ccncc2F)n1. The number of halogens is 2. The molecule has 5 nitrogen and oxygen atoms in total. The summed E-state index contributed by atoms with van der Waals surface area (Å²) in [5.41, 5.74) is 0.513. The average Bonchev–Trinajstić information content (AvgIpc) is 2.98. The van der Waals surface area contributed by atoms with Crippen molar-refractivity contribution in [1.29, 1.82) is 0 Å². The molecule has 1 aromatic carbocycles. The first kappa shape index (κ1) is 14.8. The van der Waals surface area contributed by atoms with Crippen LogP contribution in [0.4, 0.5) is 14.6 Å². The van der Waals surface area contributed by atoms with Crippen molar-refractivity contribution >= 4 is 11.7 Å². The molecule has 0 fully saturated rings. The van der Waals surface area contributed by atoms with Crippen molar-refractivity contribution in [1.82, 2.24) is 14.8 Å². The molecule has 0 atom stereocenters. The summed E-state index contributed by atoms with van der Waals surface area (Å²) >= 11 is 0. The maximum atomic E-state index is 13.6. The zero-order valence-electron chi connectivity index (χ0n) is 11.9. The minimum absolute atomic E-state index is 0.108. The van der Waals surface area contributed by atoms with Crippen LogP contribution in [-0.4, -0.2) is 20.7 Å². The fraction of sp³-hybridized carbons (Fsp3) is 0.0625. The number of nitrogens with zero attached hydrogens (tertiary/aromatic N) is 3. The molecule has 116 valence electrons. The molecule has 0 saturated carbocycles. The molecule has 3 aromatic rings. The van der Waals surface area contributed by atoms with E-state index in [1.807, 2.05) is 0 Å². The number of aromatic nitrogens is 3. The average molecular weight is 314 g/mol. The van der Waals surface area contributed by atoms with Crippen LogP contribution < -0.4 is 5.32 Å². The monoisotopic (exact) mass is 314 g/mol. The minimum Gasteiger partial charge on any atom is -0.309 e. The van der Waals surface area contributed by atoms with Gasteiger partial charge in [0.25, 0.3) is 0 Å². The molecule has 1 amide bonds. The first-order valence-corrected chi connectivity index (χ1v) is 6.82. The summed E-state index contributed by atoms with van der Waals surface area (Å²) in [6.45, 7) is 0. The van der Waals surface area contributed by atoms with E-state index in [2.05, 4.69) is 15.4 Å². The summed E-state index contributed by atoms with van der Waals surface area (Å²) in [5, 5.41) is 6.62. The van der Waals surface area contributed by atoms with Gasteiger partial charge < -0.3 is 5.32 Å². The molecule has 0 bridgehead atoms. The highest BCUT2D eigenvalue weighted by Gasteiger charge is 2.11. The maximum absolute atomic E-state index is 13.6. The van der Waals surface area contributed by atoms with E-state index in [0.717, 1.165) is 6.20 Å². The van der Waals surface area contributed by atoms with Crippen molar-refractivity contribution in [3.63, 3.8) is 0 Å². The highest BCUT2D eigenvalue weighted by Crippen LogP contribution is 2.14. The van der Waals surface area contributed by atoms with Gasteiger partial charge in [0.2, 0.25) is 5.91 Å². The van der Waals surface area contributed by atoms with Crippen LogP contribution >= 0.6 is 0 Å². The molecule has 0 saturated heterocycles. The highest BCUT2D eigenvalue weighted by atomic mass is 19.1. The molecule has 0 aliphatic heterocycles. The number of nitrogens with one attached hydrogen (secondary N) is 1. The maximum Gasteiger partial charge on any atom is 0.230 e. The second-order valence-corrected chi connectivity index (χ2v) is 4.79. The Morgan fingerprint density at radius 2 is 1.96 bits per heavy atom. The Hall–Kier alpha value is -3.09. The van der Waals surface area contributed by atoms with Gasteiger partial charge in [0.1, 0.15) is 11.5 Å². The third-order valence-corrected chi connectivity index (χ3v) is 3.16. The van der Waals surface area contributed by atoms with Crippen LogP contribution in [0.3, 0.4) is 0 Å². The van der Waals surface area contributed by atoms with Crippen molar-refractivity contribution in [2.45, 2.75) is 6.42 Å². The Labute approximate surface area is 130 Å². The number of pyridine rings is 1. The van der Waals surface area contributed by atoms with Gasteiger partial charge in [-0.3, -0.25) is 9.78 Å². The van der Waals surface area contributed by atoms with Gasteiger partial charge in [-0.25, -0.2) is 13.5 Å². The molecular weight excluding hydrogens is 302 g/mol. The lowest BCUT2D eigenvalue weighted by molar-refractivity contribution is -0.115. The van der Waals surface area contributed by atoms with E-state index < -0.39 is 17.5 Å². The van der Waals surface area contributed by atoms with Gasteiger partial charge in [-0.05, 0) is 17.7 Å². The van der Waals surface area contributed by atoms with E-state index in [1.54, 1.807) is 18.2 Å². The highest BCUT2D eigenvalue weighted by molar-refractivity contribution is 5.91. The van der Waals surface area contributed by atoms with E-state index in [0.29, 0.717) is 5.56 Å². The van der Waals surface area contributed by atoms with Gasteiger partial charge in [0.05, 0.1) is 12.6 Å². The zero-order chi connectivity index (χ0) is 16.2. The van der Waals surface area contributed by atoms with Crippen LogP contribution in [0.1, 0.15) is 5.56 Å². The second kappa shape index (κ2) is 6.35. The lowest BCUT2D eigenvalue weighted by Crippen LogP contribution is -2.15. The third-order valence-electron chi connectivity index (χ3n) is 3.16. The quantitative estimate of drug-likeness (QED) is 0.805. The molecule has 23 heavy (non-hydrogen) atoms. The van der Waals surface area contributed by atoms with Crippen LogP contribution in [-0.2, 0) is 11.2 Å². The van der Waals surface area contributed by atoms with E-state index in [9.17, 15) is 13.6 Å². The van der Waals surface area contributed by atoms with Crippen molar-refractivity contribution in [3.05, 3.63) is 72.2 Å². The predicted octanol–water partition coefficient (Wildman–Crippen LogP) is 2.73. The van der Waals surface area contributed by atoms with Crippen LogP contribution in [0, 0.1) is 11.6 Å². The standard InChI is InChI=1S/C16H12F2N4O/c17-12-4-2-1-3-11(12)9-16(23)20-15-6-8-22(21-15)14-5-7-19-10-13(14)18/h1-8,10H,9H2,(H,20,21,23). The molecule has 0 spiro atoms. The van der Waals surface area contributed by atoms with E-state index >= 15 is 0 Å². The molecule has 1 N–H and O–H groups in total. The van der Waals surface area contributed by atoms with Gasteiger partial charge in [0.15, 0.2) is 11.6 Å². The first-order chi connectivity index (χ1) is 11.1. The summed E-state index contributed by atoms with van der Waals surface area (Å²) in [6, 6.07) is 9.05. The molecule has 3 rings (SSSR count). The fourth-order valence-corrected chi connectivity index (χ4v) is 2.08. The molecular formula is C16H12F2N4O. The summed E-state index contributed by atoms with van der Waals surface area (Å²) in [7, 11) is 0. The fourth-order valence-electron chi connectivity index (χ4n) is 2.08. The van der Waals surface area contributed by atoms with Crippen molar-refractivity contribution < 1.29 is 13.6 Å². The smallest absolute Gasteiger partial charge is 0.230 e. The van der Waals surface area contributed by atoms with Crippen LogP contribution in [0.2, 0.25) is 0 Å². The topological polar surface area (TPSA) is 59.8 Å². The molecule has 2 heterocycles. The van der Waals surface area contributed by atoms with Crippen molar-refractivity contribution in [2.24, 2.45) is 0 Å². The number of benzene rings is 1. The first-order valence-electron chi connectivity index (χ1n) is 6.82. The minimum atomic E-state index is -0.528.